The molecule has 2 aromatic carbocycles. The standard InChI is InChI=1S/C16H14Cl2O/c1-19-13-9-7-12(8-10-13)15-14(16(15,17)18)11-5-3-2-4-6-11/h2-10,14-15H,1H3/t14-,15-/m0/s1. The maximum atomic E-state index is 6.45. The van der Waals surface area contributed by atoms with Crippen LogP contribution in [0.2, 0.25) is 0 Å². The van der Waals surface area contributed by atoms with Gasteiger partial charge in [-0.25, -0.2) is 0 Å². The summed E-state index contributed by atoms with van der Waals surface area (Å²) in [5.74, 6) is 1.14. The van der Waals surface area contributed by atoms with E-state index in [2.05, 4.69) is 12.1 Å². The molecule has 3 heteroatoms. The number of rotatable bonds is 3. The molecule has 2 atom stereocenters. The van der Waals surface area contributed by atoms with E-state index in [4.69, 9.17) is 27.9 Å². The van der Waals surface area contributed by atoms with Crippen molar-refractivity contribution >= 4 is 23.2 Å². The highest BCUT2D eigenvalue weighted by Gasteiger charge is 2.64. The van der Waals surface area contributed by atoms with Crippen LogP contribution in [0.5, 0.6) is 5.75 Å². The maximum absolute atomic E-state index is 6.45. The molecule has 0 radical (unpaired) electrons. The first-order valence-corrected chi connectivity index (χ1v) is 6.97. The van der Waals surface area contributed by atoms with Crippen molar-refractivity contribution in [3.8, 4) is 5.75 Å². The fraction of sp³-hybridized carbons (Fsp3) is 0.250. The lowest BCUT2D eigenvalue weighted by atomic mass is 10.0. The van der Waals surface area contributed by atoms with Gasteiger partial charge in [-0.15, -0.1) is 23.2 Å². The number of benzene rings is 2. The molecule has 1 fully saturated rings. The molecule has 1 saturated carbocycles. The lowest BCUT2D eigenvalue weighted by molar-refractivity contribution is 0.414. The molecule has 0 spiro atoms. The topological polar surface area (TPSA) is 9.23 Å². The highest BCUT2D eigenvalue weighted by Crippen LogP contribution is 2.70. The summed E-state index contributed by atoms with van der Waals surface area (Å²) >= 11 is 12.9. The molecule has 0 heterocycles. The van der Waals surface area contributed by atoms with Crippen LogP contribution in [0.25, 0.3) is 0 Å². The van der Waals surface area contributed by atoms with E-state index >= 15 is 0 Å². The van der Waals surface area contributed by atoms with Gasteiger partial charge in [0.1, 0.15) is 10.1 Å². The third-order valence-corrected chi connectivity index (χ3v) is 4.63. The Labute approximate surface area is 123 Å². The van der Waals surface area contributed by atoms with Crippen LogP contribution < -0.4 is 4.74 Å². The zero-order valence-electron chi connectivity index (χ0n) is 10.5. The van der Waals surface area contributed by atoms with Gasteiger partial charge < -0.3 is 4.74 Å². The van der Waals surface area contributed by atoms with Gasteiger partial charge in [0.2, 0.25) is 0 Å². The summed E-state index contributed by atoms with van der Waals surface area (Å²) in [6.45, 7) is 0. The zero-order valence-corrected chi connectivity index (χ0v) is 12.0. The Bertz CT molecular complexity index is 563. The molecule has 2 aromatic rings. The number of alkyl halides is 2. The lowest BCUT2D eigenvalue weighted by Crippen LogP contribution is -1.90. The van der Waals surface area contributed by atoms with E-state index in [9.17, 15) is 0 Å². The molecule has 0 aliphatic heterocycles. The van der Waals surface area contributed by atoms with Crippen molar-refractivity contribution < 1.29 is 4.74 Å². The average molecular weight is 293 g/mol. The van der Waals surface area contributed by atoms with Crippen LogP contribution >= 0.6 is 23.2 Å². The Morgan fingerprint density at radius 2 is 1.37 bits per heavy atom. The van der Waals surface area contributed by atoms with Gasteiger partial charge in [-0.3, -0.25) is 0 Å². The van der Waals surface area contributed by atoms with E-state index in [0.29, 0.717) is 0 Å². The third-order valence-electron chi connectivity index (χ3n) is 3.69. The van der Waals surface area contributed by atoms with Crippen molar-refractivity contribution in [2.24, 2.45) is 0 Å². The van der Waals surface area contributed by atoms with Crippen LogP contribution in [0.1, 0.15) is 23.0 Å². The second kappa shape index (κ2) is 4.73. The van der Waals surface area contributed by atoms with E-state index in [-0.39, 0.29) is 11.8 Å². The van der Waals surface area contributed by atoms with Crippen LogP contribution in [-0.4, -0.2) is 11.4 Å². The number of ether oxygens (including phenoxy) is 1. The third kappa shape index (κ3) is 2.22. The summed E-state index contributed by atoms with van der Waals surface area (Å²) in [4.78, 5) is 0. The number of methoxy groups -OCH3 is 1. The maximum Gasteiger partial charge on any atom is 0.133 e. The Kier molecular flexibility index (Phi) is 3.20. The van der Waals surface area contributed by atoms with E-state index < -0.39 is 4.33 Å². The van der Waals surface area contributed by atoms with Gasteiger partial charge in [-0.1, -0.05) is 42.5 Å². The number of hydrogen-bond donors (Lipinski definition) is 0. The van der Waals surface area contributed by atoms with Gasteiger partial charge in [0, 0.05) is 11.8 Å². The van der Waals surface area contributed by atoms with E-state index in [1.54, 1.807) is 7.11 Å². The van der Waals surface area contributed by atoms with Crippen LogP contribution in [0.15, 0.2) is 54.6 Å². The molecule has 0 aromatic heterocycles. The molecule has 0 bridgehead atoms. The molecule has 0 saturated heterocycles. The van der Waals surface area contributed by atoms with Crippen molar-refractivity contribution in [1.29, 1.82) is 0 Å². The first kappa shape index (κ1) is 12.8. The van der Waals surface area contributed by atoms with E-state index in [0.717, 1.165) is 11.3 Å². The molecular formula is C16H14Cl2O. The summed E-state index contributed by atoms with van der Waals surface area (Å²) in [6, 6.07) is 18.1. The largest absolute Gasteiger partial charge is 0.497 e. The quantitative estimate of drug-likeness (QED) is 0.742. The normalized spacial score (nSPS) is 23.9. The van der Waals surface area contributed by atoms with Gasteiger partial charge >= 0.3 is 0 Å². The van der Waals surface area contributed by atoms with Gasteiger partial charge in [-0.2, -0.15) is 0 Å². The van der Waals surface area contributed by atoms with Gasteiger partial charge in [-0.05, 0) is 23.3 Å². The Morgan fingerprint density at radius 3 is 1.89 bits per heavy atom. The number of halogens is 2. The molecule has 3 rings (SSSR count). The van der Waals surface area contributed by atoms with Gasteiger partial charge in [0.05, 0.1) is 7.11 Å². The Balaban J connectivity index is 1.89. The molecule has 19 heavy (non-hydrogen) atoms. The molecule has 0 N–H and O–H groups in total. The summed E-state index contributed by atoms with van der Waals surface area (Å²) < 4.78 is 4.45. The van der Waals surface area contributed by atoms with Crippen molar-refractivity contribution in [2.75, 3.05) is 7.11 Å². The first-order chi connectivity index (χ1) is 9.14. The minimum absolute atomic E-state index is 0.143. The molecule has 0 unspecified atom stereocenters. The first-order valence-electron chi connectivity index (χ1n) is 6.21. The highest BCUT2D eigenvalue weighted by molar-refractivity contribution is 6.52. The van der Waals surface area contributed by atoms with Gasteiger partial charge in [0.15, 0.2) is 0 Å². The number of hydrogen-bond acceptors (Lipinski definition) is 1. The predicted molar refractivity (Wildman–Crippen MR) is 79.4 cm³/mol. The highest BCUT2D eigenvalue weighted by atomic mass is 35.5. The van der Waals surface area contributed by atoms with E-state index in [1.165, 1.54) is 5.56 Å². The van der Waals surface area contributed by atoms with Crippen LogP contribution in [-0.2, 0) is 0 Å². The molecular weight excluding hydrogens is 279 g/mol. The molecule has 0 amide bonds. The summed E-state index contributed by atoms with van der Waals surface area (Å²) in [7, 11) is 1.66. The smallest absolute Gasteiger partial charge is 0.133 e. The van der Waals surface area contributed by atoms with Crippen molar-refractivity contribution in [2.45, 2.75) is 16.2 Å². The fourth-order valence-corrected chi connectivity index (χ4v) is 3.51. The van der Waals surface area contributed by atoms with Crippen molar-refractivity contribution in [3.05, 3.63) is 65.7 Å². The summed E-state index contributed by atoms with van der Waals surface area (Å²) in [6.07, 6.45) is 0. The summed E-state index contributed by atoms with van der Waals surface area (Å²) in [5, 5.41) is 0. The SMILES string of the molecule is COc1ccc([C@H]2[C@H](c3ccccc3)C2(Cl)Cl)cc1. The van der Waals surface area contributed by atoms with Crippen molar-refractivity contribution in [1.82, 2.24) is 0 Å². The van der Waals surface area contributed by atoms with Crippen LogP contribution in [0.3, 0.4) is 0 Å². The van der Waals surface area contributed by atoms with E-state index in [1.807, 2.05) is 42.5 Å². The molecule has 98 valence electrons. The summed E-state index contributed by atoms with van der Waals surface area (Å²) in [5.41, 5.74) is 2.34. The minimum atomic E-state index is -0.712. The average Bonchev–Trinajstić information content (AvgIpc) is 3.02. The lowest BCUT2D eigenvalue weighted by Gasteiger charge is -2.03. The van der Waals surface area contributed by atoms with Crippen molar-refractivity contribution in [3.63, 3.8) is 0 Å². The Morgan fingerprint density at radius 1 is 0.842 bits per heavy atom. The Hall–Kier alpha value is -1.18. The zero-order chi connectivity index (χ0) is 13.5. The molecule has 1 aliphatic carbocycles. The minimum Gasteiger partial charge on any atom is -0.497 e. The molecule has 1 nitrogen and oxygen atoms in total. The van der Waals surface area contributed by atoms with Crippen LogP contribution in [0.4, 0.5) is 0 Å². The molecule has 1 aliphatic rings. The van der Waals surface area contributed by atoms with Gasteiger partial charge in [0.25, 0.3) is 0 Å². The second-order valence-electron chi connectivity index (χ2n) is 4.81. The fourth-order valence-electron chi connectivity index (χ4n) is 2.63. The monoisotopic (exact) mass is 292 g/mol. The predicted octanol–water partition coefficient (Wildman–Crippen LogP) is 4.75. The van der Waals surface area contributed by atoms with Crippen LogP contribution in [0, 0.1) is 0 Å². The second-order valence-corrected chi connectivity index (χ2v) is 6.26.